The number of esters is 2. The smallest absolute Gasteiger partial charge is 0.351 e. The lowest BCUT2D eigenvalue weighted by atomic mass is 9.83. The number of hydrogen-bond acceptors (Lipinski definition) is 6. The molecule has 6 heteroatoms. The van der Waals surface area contributed by atoms with Crippen LogP contribution in [0.1, 0.15) is 25.3 Å². The third-order valence-corrected chi connectivity index (χ3v) is 2.92. The molecule has 0 spiro atoms. The molecule has 0 saturated heterocycles. The molecule has 0 bridgehead atoms. The van der Waals surface area contributed by atoms with Crippen LogP contribution in [0.2, 0.25) is 0 Å². The van der Waals surface area contributed by atoms with Crippen LogP contribution in [0, 0.1) is 0 Å². The number of carbonyl (C=O) groups is 3. The fourth-order valence-electron chi connectivity index (χ4n) is 1.90. The van der Waals surface area contributed by atoms with Crippen molar-refractivity contribution in [1.29, 1.82) is 0 Å². The van der Waals surface area contributed by atoms with Crippen molar-refractivity contribution < 1.29 is 29.0 Å². The maximum absolute atomic E-state index is 12.0. The van der Waals surface area contributed by atoms with Crippen LogP contribution in [0.3, 0.4) is 0 Å². The molecule has 0 saturated carbocycles. The first kappa shape index (κ1) is 16.8. The van der Waals surface area contributed by atoms with Crippen molar-refractivity contribution in [2.75, 3.05) is 13.2 Å². The molecule has 0 heterocycles. The molecule has 1 aromatic carbocycles. The topological polar surface area (TPSA) is 89.9 Å². The first-order valence-corrected chi connectivity index (χ1v) is 6.59. The van der Waals surface area contributed by atoms with Crippen molar-refractivity contribution in [3.8, 4) is 0 Å². The third-order valence-electron chi connectivity index (χ3n) is 2.92. The predicted octanol–water partition coefficient (Wildman–Crippen LogP) is 0.826. The van der Waals surface area contributed by atoms with Gasteiger partial charge in [-0.15, -0.1) is 0 Å². The lowest BCUT2D eigenvalue weighted by molar-refractivity contribution is -0.186. The zero-order chi connectivity index (χ0) is 15.9. The number of ether oxygens (including phenoxy) is 2. The predicted molar refractivity (Wildman–Crippen MR) is 73.5 cm³/mol. The minimum absolute atomic E-state index is 0.0408. The number of benzene rings is 1. The Kier molecular flexibility index (Phi) is 6.05. The van der Waals surface area contributed by atoms with E-state index in [-0.39, 0.29) is 13.2 Å². The third kappa shape index (κ3) is 3.46. The molecule has 1 unspecified atom stereocenters. The van der Waals surface area contributed by atoms with E-state index in [1.165, 1.54) is 26.0 Å². The summed E-state index contributed by atoms with van der Waals surface area (Å²) in [5.41, 5.74) is -2.38. The fourth-order valence-corrected chi connectivity index (χ4v) is 1.90. The Hall–Kier alpha value is -2.21. The summed E-state index contributed by atoms with van der Waals surface area (Å²) in [5.74, 6) is -3.81. The highest BCUT2D eigenvalue weighted by molar-refractivity contribution is 6.07. The first-order chi connectivity index (χ1) is 10.0. The molecule has 0 amide bonds. The molecular weight excluding hydrogens is 276 g/mol. The molecule has 1 aromatic rings. The van der Waals surface area contributed by atoms with E-state index < -0.39 is 23.5 Å². The molecule has 0 aliphatic heterocycles. The van der Waals surface area contributed by atoms with Gasteiger partial charge in [-0.1, -0.05) is 30.3 Å². The minimum atomic E-state index is -2.70. The Bertz CT molecular complexity index is 478. The average Bonchev–Trinajstić information content (AvgIpc) is 2.49. The highest BCUT2D eigenvalue weighted by Gasteiger charge is 2.54. The van der Waals surface area contributed by atoms with Gasteiger partial charge in [0.05, 0.1) is 19.1 Å². The highest BCUT2D eigenvalue weighted by atomic mass is 16.6. The standard InChI is InChI=1S/C15H18O6/c1-3-20-13(17)15(19,14(18)21-4-2)12(10-16)11-8-6-5-7-9-11/h5-10,12,19H,3-4H2,1-2H3. The van der Waals surface area contributed by atoms with Crippen molar-refractivity contribution in [3.05, 3.63) is 35.9 Å². The van der Waals surface area contributed by atoms with Gasteiger partial charge in [-0.25, -0.2) is 9.59 Å². The molecule has 1 N–H and O–H groups in total. The lowest BCUT2D eigenvalue weighted by Gasteiger charge is -2.28. The van der Waals surface area contributed by atoms with Gasteiger partial charge in [0.1, 0.15) is 6.29 Å². The molecule has 0 aliphatic carbocycles. The molecule has 0 aromatic heterocycles. The molecule has 114 valence electrons. The van der Waals surface area contributed by atoms with Gasteiger partial charge in [0.15, 0.2) is 0 Å². The van der Waals surface area contributed by atoms with Crippen LogP contribution in [0.4, 0.5) is 0 Å². The van der Waals surface area contributed by atoms with E-state index >= 15 is 0 Å². The van der Waals surface area contributed by atoms with Gasteiger partial charge >= 0.3 is 11.9 Å². The maximum Gasteiger partial charge on any atom is 0.351 e. The second-order valence-electron chi connectivity index (χ2n) is 4.23. The van der Waals surface area contributed by atoms with E-state index in [1.807, 2.05) is 0 Å². The number of aliphatic hydroxyl groups is 1. The summed E-state index contributed by atoms with van der Waals surface area (Å²) >= 11 is 0. The Morgan fingerprint density at radius 2 is 1.62 bits per heavy atom. The van der Waals surface area contributed by atoms with E-state index in [0.29, 0.717) is 11.8 Å². The molecule has 0 radical (unpaired) electrons. The number of aldehydes is 1. The van der Waals surface area contributed by atoms with E-state index in [0.717, 1.165) is 0 Å². The Labute approximate surface area is 122 Å². The fraction of sp³-hybridized carbons (Fsp3) is 0.400. The van der Waals surface area contributed by atoms with Gasteiger partial charge in [0.2, 0.25) is 0 Å². The van der Waals surface area contributed by atoms with Crippen LogP contribution < -0.4 is 0 Å². The highest BCUT2D eigenvalue weighted by Crippen LogP contribution is 2.29. The first-order valence-electron chi connectivity index (χ1n) is 6.59. The number of rotatable bonds is 7. The summed E-state index contributed by atoms with van der Waals surface area (Å²) in [4.78, 5) is 35.4. The van der Waals surface area contributed by atoms with Gasteiger partial charge < -0.3 is 19.4 Å². The Balaban J connectivity index is 3.30. The van der Waals surface area contributed by atoms with E-state index in [9.17, 15) is 19.5 Å². The molecule has 21 heavy (non-hydrogen) atoms. The van der Waals surface area contributed by atoms with Crippen LogP contribution in [0.15, 0.2) is 30.3 Å². The molecule has 0 fully saturated rings. The second kappa shape index (κ2) is 7.54. The summed E-state index contributed by atoms with van der Waals surface area (Å²) < 4.78 is 9.46. The van der Waals surface area contributed by atoms with Crippen molar-refractivity contribution in [1.82, 2.24) is 0 Å². The average molecular weight is 294 g/mol. The summed E-state index contributed by atoms with van der Waals surface area (Å²) in [6.07, 6.45) is 0.336. The van der Waals surface area contributed by atoms with Crippen LogP contribution >= 0.6 is 0 Å². The minimum Gasteiger partial charge on any atom is -0.463 e. The molecule has 0 aliphatic rings. The van der Waals surface area contributed by atoms with Gasteiger partial charge in [-0.2, -0.15) is 0 Å². The Morgan fingerprint density at radius 1 is 1.14 bits per heavy atom. The van der Waals surface area contributed by atoms with Gasteiger partial charge in [-0.3, -0.25) is 0 Å². The van der Waals surface area contributed by atoms with Gasteiger partial charge in [-0.05, 0) is 19.4 Å². The van der Waals surface area contributed by atoms with Crippen molar-refractivity contribution in [2.45, 2.75) is 25.4 Å². The summed E-state index contributed by atoms with van der Waals surface area (Å²) in [6.45, 7) is 2.98. The Morgan fingerprint density at radius 3 is 2.00 bits per heavy atom. The van der Waals surface area contributed by atoms with Crippen molar-refractivity contribution in [2.24, 2.45) is 0 Å². The van der Waals surface area contributed by atoms with Crippen molar-refractivity contribution in [3.63, 3.8) is 0 Å². The van der Waals surface area contributed by atoms with Gasteiger partial charge in [0, 0.05) is 0 Å². The quantitative estimate of drug-likeness (QED) is 0.455. The normalized spacial score (nSPS) is 12.3. The number of carbonyl (C=O) groups excluding carboxylic acids is 3. The summed E-state index contributed by atoms with van der Waals surface area (Å²) in [7, 11) is 0. The SMILES string of the molecule is CCOC(=O)C(O)(C(=O)OCC)C(C=O)c1ccccc1. The number of hydrogen-bond donors (Lipinski definition) is 1. The van der Waals surface area contributed by atoms with Crippen LogP contribution in [-0.2, 0) is 23.9 Å². The molecule has 1 atom stereocenters. The van der Waals surface area contributed by atoms with Crippen LogP contribution in [0.25, 0.3) is 0 Å². The summed E-state index contributed by atoms with van der Waals surface area (Å²) in [5, 5.41) is 10.5. The lowest BCUT2D eigenvalue weighted by Crippen LogP contribution is -2.54. The van der Waals surface area contributed by atoms with E-state index in [1.54, 1.807) is 18.2 Å². The van der Waals surface area contributed by atoms with Crippen molar-refractivity contribution >= 4 is 18.2 Å². The van der Waals surface area contributed by atoms with Crippen LogP contribution in [0.5, 0.6) is 0 Å². The second-order valence-corrected chi connectivity index (χ2v) is 4.23. The summed E-state index contributed by atoms with van der Waals surface area (Å²) in [6, 6.07) is 8.02. The molecule has 6 nitrogen and oxygen atoms in total. The van der Waals surface area contributed by atoms with E-state index in [2.05, 4.69) is 0 Å². The van der Waals surface area contributed by atoms with Gasteiger partial charge in [0.25, 0.3) is 5.60 Å². The van der Waals surface area contributed by atoms with E-state index in [4.69, 9.17) is 9.47 Å². The zero-order valence-electron chi connectivity index (χ0n) is 11.9. The van der Waals surface area contributed by atoms with Crippen LogP contribution in [-0.4, -0.2) is 42.1 Å². The maximum atomic E-state index is 12.0. The molecule has 1 rings (SSSR count). The molecular formula is C15H18O6. The monoisotopic (exact) mass is 294 g/mol. The zero-order valence-corrected chi connectivity index (χ0v) is 11.9. The largest absolute Gasteiger partial charge is 0.463 e.